The van der Waals surface area contributed by atoms with Gasteiger partial charge in [0.25, 0.3) is 0 Å². The second-order valence-corrected chi connectivity index (χ2v) is 16.7. The van der Waals surface area contributed by atoms with Crippen LogP contribution in [0.25, 0.3) is 0 Å². The van der Waals surface area contributed by atoms with Gasteiger partial charge in [0.2, 0.25) is 0 Å². The molecule has 0 amide bonds. The van der Waals surface area contributed by atoms with E-state index in [1.807, 2.05) is 0 Å². The number of rotatable bonds is 45. The van der Waals surface area contributed by atoms with E-state index in [0.29, 0.717) is 19.3 Å². The van der Waals surface area contributed by atoms with E-state index >= 15 is 0 Å². The Morgan fingerprint density at radius 1 is 0.344 bits per heavy atom. The first kappa shape index (κ1) is 57.9. The highest BCUT2D eigenvalue weighted by Crippen LogP contribution is 2.14. The second-order valence-electron chi connectivity index (χ2n) is 16.7. The van der Waals surface area contributed by atoms with Crippen LogP contribution >= 0.6 is 0 Å². The van der Waals surface area contributed by atoms with Gasteiger partial charge < -0.3 is 14.2 Å². The fourth-order valence-corrected chi connectivity index (χ4v) is 6.94. The molecule has 0 rings (SSSR count). The minimum Gasteiger partial charge on any atom is -0.462 e. The van der Waals surface area contributed by atoms with Crippen molar-refractivity contribution >= 4 is 17.9 Å². The largest absolute Gasteiger partial charge is 0.462 e. The smallest absolute Gasteiger partial charge is 0.306 e. The molecule has 0 N–H and O–H groups in total. The molecule has 350 valence electrons. The summed E-state index contributed by atoms with van der Waals surface area (Å²) in [7, 11) is 0. The standard InChI is InChI=1S/C55H94O6/c1-4-7-10-13-16-19-22-24-26-27-29-30-33-36-39-42-45-48-54(57)60-51-52(50-59-53(56)47-44-41-38-35-32-21-18-15-12-9-6-3)61-55(58)49-46-43-40-37-34-31-28-25-23-20-17-14-11-8-5-2/h7-8,10-11,16-17,19-20,24-26,28,52H,4-6,9,12-15,18,21-23,27,29-51H2,1-3H3/b10-7-,11-8-,19-16-,20-17-,26-24-,28-25-. The summed E-state index contributed by atoms with van der Waals surface area (Å²) in [5.74, 6) is -0.911. The highest BCUT2D eigenvalue weighted by molar-refractivity contribution is 5.71. The Bertz CT molecular complexity index is 1160. The van der Waals surface area contributed by atoms with Crippen molar-refractivity contribution in [1.29, 1.82) is 0 Å². The average molecular weight is 851 g/mol. The molecule has 0 aliphatic rings. The summed E-state index contributed by atoms with van der Waals surface area (Å²) in [6.45, 7) is 6.39. The summed E-state index contributed by atoms with van der Waals surface area (Å²) in [6.07, 6.45) is 61.7. The minimum atomic E-state index is -0.786. The zero-order valence-electron chi connectivity index (χ0n) is 39.9. The lowest BCUT2D eigenvalue weighted by molar-refractivity contribution is -0.167. The molecule has 0 aromatic heterocycles. The zero-order chi connectivity index (χ0) is 44.4. The van der Waals surface area contributed by atoms with Crippen LogP contribution in [0.3, 0.4) is 0 Å². The lowest BCUT2D eigenvalue weighted by Crippen LogP contribution is -2.30. The molecule has 1 unspecified atom stereocenters. The molecule has 0 radical (unpaired) electrons. The Morgan fingerprint density at radius 3 is 1.00 bits per heavy atom. The van der Waals surface area contributed by atoms with E-state index < -0.39 is 6.10 Å². The van der Waals surface area contributed by atoms with Crippen LogP contribution in [0, 0.1) is 0 Å². The van der Waals surface area contributed by atoms with Gasteiger partial charge in [-0.1, -0.05) is 209 Å². The molecule has 1 atom stereocenters. The molecule has 0 heterocycles. The topological polar surface area (TPSA) is 78.9 Å². The van der Waals surface area contributed by atoms with Gasteiger partial charge in [-0.25, -0.2) is 0 Å². The lowest BCUT2D eigenvalue weighted by Gasteiger charge is -2.18. The molecule has 0 aliphatic heterocycles. The Morgan fingerprint density at radius 2 is 0.639 bits per heavy atom. The third kappa shape index (κ3) is 47.7. The van der Waals surface area contributed by atoms with Crippen molar-refractivity contribution < 1.29 is 28.6 Å². The number of hydrogen-bond acceptors (Lipinski definition) is 6. The van der Waals surface area contributed by atoms with Crippen molar-refractivity contribution in [2.24, 2.45) is 0 Å². The second kappa shape index (κ2) is 49.5. The van der Waals surface area contributed by atoms with Crippen LogP contribution in [0.4, 0.5) is 0 Å². The van der Waals surface area contributed by atoms with Crippen LogP contribution in [0.5, 0.6) is 0 Å². The van der Waals surface area contributed by atoms with Crippen LogP contribution in [0.1, 0.15) is 239 Å². The first-order chi connectivity index (χ1) is 30.0. The SMILES string of the molecule is CC/C=C\C/C=C\C/C=C\CCCCCCCCCC(=O)OCC(COC(=O)CCCCCCCCCCCCC)OC(=O)CCCCCCC/C=C\C/C=C\C/C=C\CC. The molecule has 0 saturated carbocycles. The Balaban J connectivity index is 4.40. The number of hydrogen-bond donors (Lipinski definition) is 0. The van der Waals surface area contributed by atoms with Gasteiger partial charge in [0.1, 0.15) is 13.2 Å². The normalized spacial score (nSPS) is 12.6. The molecular weight excluding hydrogens is 757 g/mol. The van der Waals surface area contributed by atoms with Gasteiger partial charge in [0.05, 0.1) is 0 Å². The molecule has 6 nitrogen and oxygen atoms in total. The number of allylic oxidation sites excluding steroid dienone is 12. The van der Waals surface area contributed by atoms with E-state index in [0.717, 1.165) is 122 Å². The number of carbonyl (C=O) groups is 3. The van der Waals surface area contributed by atoms with Crippen molar-refractivity contribution in [2.75, 3.05) is 13.2 Å². The van der Waals surface area contributed by atoms with Crippen molar-refractivity contribution in [3.05, 3.63) is 72.9 Å². The van der Waals surface area contributed by atoms with E-state index in [9.17, 15) is 14.4 Å². The predicted octanol–water partition coefficient (Wildman–Crippen LogP) is 16.6. The van der Waals surface area contributed by atoms with E-state index in [4.69, 9.17) is 14.2 Å². The lowest BCUT2D eigenvalue weighted by atomic mass is 10.1. The third-order valence-corrected chi connectivity index (χ3v) is 10.7. The average Bonchev–Trinajstić information content (AvgIpc) is 3.26. The van der Waals surface area contributed by atoms with Crippen LogP contribution in [-0.4, -0.2) is 37.2 Å². The molecule has 0 aliphatic carbocycles. The van der Waals surface area contributed by atoms with Gasteiger partial charge in [-0.05, 0) is 83.5 Å². The summed E-state index contributed by atoms with van der Waals surface area (Å²) in [6, 6.07) is 0. The van der Waals surface area contributed by atoms with Crippen molar-refractivity contribution in [1.82, 2.24) is 0 Å². The number of unbranched alkanes of at least 4 members (excludes halogenated alkanes) is 22. The molecule has 0 spiro atoms. The fourth-order valence-electron chi connectivity index (χ4n) is 6.94. The highest BCUT2D eigenvalue weighted by Gasteiger charge is 2.19. The third-order valence-electron chi connectivity index (χ3n) is 10.7. The monoisotopic (exact) mass is 851 g/mol. The van der Waals surface area contributed by atoms with Crippen LogP contribution < -0.4 is 0 Å². The van der Waals surface area contributed by atoms with Crippen molar-refractivity contribution in [2.45, 2.75) is 245 Å². The maximum Gasteiger partial charge on any atom is 0.306 e. The number of esters is 3. The van der Waals surface area contributed by atoms with E-state index in [1.165, 1.54) is 77.0 Å². The van der Waals surface area contributed by atoms with E-state index in [2.05, 4.69) is 93.7 Å². The van der Waals surface area contributed by atoms with Crippen molar-refractivity contribution in [3.63, 3.8) is 0 Å². The van der Waals surface area contributed by atoms with Gasteiger partial charge in [0, 0.05) is 19.3 Å². The van der Waals surface area contributed by atoms with Crippen molar-refractivity contribution in [3.8, 4) is 0 Å². The Hall–Kier alpha value is -3.15. The van der Waals surface area contributed by atoms with Gasteiger partial charge in [-0.15, -0.1) is 0 Å². The molecular formula is C55H94O6. The Kier molecular flexibility index (Phi) is 46.9. The molecule has 0 aromatic rings. The quantitative estimate of drug-likeness (QED) is 0.0263. The molecule has 0 fully saturated rings. The van der Waals surface area contributed by atoms with Gasteiger partial charge >= 0.3 is 17.9 Å². The fraction of sp³-hybridized carbons (Fsp3) is 0.727. The summed E-state index contributed by atoms with van der Waals surface area (Å²) in [4.78, 5) is 37.9. The van der Waals surface area contributed by atoms with Gasteiger partial charge in [-0.2, -0.15) is 0 Å². The van der Waals surface area contributed by atoms with Crippen LogP contribution in [0.15, 0.2) is 72.9 Å². The van der Waals surface area contributed by atoms with Crippen LogP contribution in [-0.2, 0) is 28.6 Å². The molecule has 0 aromatic carbocycles. The predicted molar refractivity (Wildman–Crippen MR) is 261 cm³/mol. The summed E-state index contributed by atoms with van der Waals surface area (Å²) < 4.78 is 16.8. The highest BCUT2D eigenvalue weighted by atomic mass is 16.6. The maximum absolute atomic E-state index is 12.8. The molecule has 0 bridgehead atoms. The van der Waals surface area contributed by atoms with Gasteiger partial charge in [-0.3, -0.25) is 14.4 Å². The van der Waals surface area contributed by atoms with E-state index in [1.54, 1.807) is 0 Å². The Labute approximate surface area is 376 Å². The van der Waals surface area contributed by atoms with Crippen LogP contribution in [0.2, 0.25) is 0 Å². The minimum absolute atomic E-state index is 0.0844. The first-order valence-electron chi connectivity index (χ1n) is 25.4. The number of ether oxygens (including phenoxy) is 3. The zero-order valence-corrected chi connectivity index (χ0v) is 39.9. The summed E-state index contributed by atoms with van der Waals surface area (Å²) in [5.41, 5.74) is 0. The summed E-state index contributed by atoms with van der Waals surface area (Å²) >= 11 is 0. The maximum atomic E-state index is 12.8. The first-order valence-corrected chi connectivity index (χ1v) is 25.4. The molecule has 6 heteroatoms. The summed E-state index contributed by atoms with van der Waals surface area (Å²) in [5, 5.41) is 0. The molecule has 61 heavy (non-hydrogen) atoms. The molecule has 0 saturated heterocycles. The van der Waals surface area contributed by atoms with Gasteiger partial charge in [0.15, 0.2) is 6.10 Å². The van der Waals surface area contributed by atoms with E-state index in [-0.39, 0.29) is 31.1 Å². The number of carbonyl (C=O) groups excluding carboxylic acids is 3.